The molecule has 2 rings (SSSR count). The van der Waals surface area contributed by atoms with Crippen LogP contribution in [-0.4, -0.2) is 16.5 Å². The van der Waals surface area contributed by atoms with Crippen LogP contribution in [0.3, 0.4) is 0 Å². The molecule has 1 aliphatic carbocycles. The monoisotopic (exact) mass is 263 g/mol. The molecule has 19 heavy (non-hydrogen) atoms. The van der Waals surface area contributed by atoms with Crippen LogP contribution >= 0.6 is 0 Å². The number of pyridine rings is 1. The fourth-order valence-electron chi connectivity index (χ4n) is 2.96. The van der Waals surface area contributed by atoms with Crippen molar-refractivity contribution in [3.63, 3.8) is 0 Å². The molecular weight excluding hydrogens is 242 g/mol. The number of anilines is 1. The van der Waals surface area contributed by atoms with Crippen LogP contribution < -0.4 is 5.32 Å². The number of hydrogen-bond acceptors (Lipinski definition) is 4. The van der Waals surface area contributed by atoms with Crippen LogP contribution in [0.2, 0.25) is 0 Å². The molecule has 104 valence electrons. The van der Waals surface area contributed by atoms with Crippen molar-refractivity contribution in [2.45, 2.75) is 46.0 Å². The van der Waals surface area contributed by atoms with Gasteiger partial charge in [0.05, 0.1) is 4.92 Å². The Hall–Kier alpha value is -1.65. The second-order valence-corrected chi connectivity index (χ2v) is 5.50. The molecule has 1 heterocycles. The summed E-state index contributed by atoms with van der Waals surface area (Å²) in [7, 11) is 0. The van der Waals surface area contributed by atoms with Gasteiger partial charge in [-0.3, -0.25) is 10.1 Å². The van der Waals surface area contributed by atoms with E-state index in [0.717, 1.165) is 13.0 Å². The van der Waals surface area contributed by atoms with Crippen molar-refractivity contribution in [3.05, 3.63) is 27.9 Å². The van der Waals surface area contributed by atoms with Gasteiger partial charge in [-0.2, -0.15) is 0 Å². The molecule has 1 saturated carbocycles. The zero-order valence-corrected chi connectivity index (χ0v) is 11.6. The van der Waals surface area contributed by atoms with Gasteiger partial charge in [0, 0.05) is 18.3 Å². The zero-order chi connectivity index (χ0) is 13.9. The summed E-state index contributed by atoms with van der Waals surface area (Å²) in [5.41, 5.74) is 1.05. The lowest BCUT2D eigenvalue weighted by atomic mass is 9.83. The van der Waals surface area contributed by atoms with Gasteiger partial charge < -0.3 is 5.32 Å². The smallest absolute Gasteiger partial charge is 0.314 e. The molecule has 1 aromatic rings. The first-order chi connectivity index (χ1) is 9.08. The molecule has 5 nitrogen and oxygen atoms in total. The molecule has 0 unspecified atom stereocenters. The van der Waals surface area contributed by atoms with E-state index in [1.54, 1.807) is 19.2 Å². The Kier molecular flexibility index (Phi) is 4.02. The number of aromatic nitrogens is 1. The maximum absolute atomic E-state index is 11.1. The second-order valence-electron chi connectivity index (χ2n) is 5.50. The number of nitrogens with zero attached hydrogens (tertiary/aromatic N) is 2. The molecule has 0 aliphatic heterocycles. The van der Waals surface area contributed by atoms with Crippen molar-refractivity contribution in [2.24, 2.45) is 5.41 Å². The third-order valence-electron chi connectivity index (χ3n) is 4.35. The quantitative estimate of drug-likeness (QED) is 0.650. The van der Waals surface area contributed by atoms with Crippen LogP contribution in [0.25, 0.3) is 0 Å². The lowest BCUT2D eigenvalue weighted by molar-refractivity contribution is -0.384. The number of hydrogen-bond donors (Lipinski definition) is 1. The lowest BCUT2D eigenvalue weighted by Crippen LogP contribution is -2.26. The van der Waals surface area contributed by atoms with E-state index in [1.165, 1.54) is 25.7 Å². The van der Waals surface area contributed by atoms with E-state index < -0.39 is 0 Å². The first-order valence-electron chi connectivity index (χ1n) is 6.92. The highest BCUT2D eigenvalue weighted by molar-refractivity contribution is 5.59. The Morgan fingerprint density at radius 3 is 2.74 bits per heavy atom. The van der Waals surface area contributed by atoms with Gasteiger partial charge in [-0.05, 0) is 37.7 Å². The highest BCUT2D eigenvalue weighted by Gasteiger charge is 2.32. The molecule has 0 bridgehead atoms. The Balaban J connectivity index is 2.15. The Morgan fingerprint density at radius 1 is 1.47 bits per heavy atom. The van der Waals surface area contributed by atoms with Crippen LogP contribution in [0.15, 0.2) is 12.3 Å². The second kappa shape index (κ2) is 5.55. The molecule has 5 heteroatoms. The average molecular weight is 263 g/mol. The van der Waals surface area contributed by atoms with Crippen LogP contribution in [0.1, 0.15) is 44.6 Å². The van der Waals surface area contributed by atoms with Crippen LogP contribution in [0, 0.1) is 22.5 Å². The topological polar surface area (TPSA) is 68.1 Å². The van der Waals surface area contributed by atoms with Crippen molar-refractivity contribution in [1.29, 1.82) is 0 Å². The Morgan fingerprint density at radius 2 is 2.16 bits per heavy atom. The van der Waals surface area contributed by atoms with Crippen molar-refractivity contribution in [2.75, 3.05) is 11.9 Å². The van der Waals surface area contributed by atoms with E-state index in [-0.39, 0.29) is 10.6 Å². The summed E-state index contributed by atoms with van der Waals surface area (Å²) in [6, 6.07) is 1.68. The third kappa shape index (κ3) is 2.85. The molecular formula is C14H21N3O2. The predicted molar refractivity (Wildman–Crippen MR) is 75.3 cm³/mol. The minimum Gasteiger partial charge on any atom is -0.364 e. The summed E-state index contributed by atoms with van der Waals surface area (Å²) in [5, 5.41) is 14.3. The van der Waals surface area contributed by atoms with Crippen molar-refractivity contribution < 1.29 is 4.92 Å². The fourth-order valence-corrected chi connectivity index (χ4v) is 2.96. The zero-order valence-electron chi connectivity index (χ0n) is 11.6. The molecule has 1 aromatic heterocycles. The SMILES string of the molecule is CCC1(CNc2nccc(C)c2[N+](=O)[O-])CCCC1. The third-order valence-corrected chi connectivity index (χ3v) is 4.35. The molecule has 0 saturated heterocycles. The summed E-state index contributed by atoms with van der Waals surface area (Å²) in [5.74, 6) is 0.407. The van der Waals surface area contributed by atoms with E-state index in [4.69, 9.17) is 0 Å². The highest BCUT2D eigenvalue weighted by Crippen LogP contribution is 2.41. The first kappa shape index (κ1) is 13.8. The van der Waals surface area contributed by atoms with Gasteiger partial charge in [-0.25, -0.2) is 4.98 Å². The van der Waals surface area contributed by atoms with E-state index >= 15 is 0 Å². The van der Waals surface area contributed by atoms with Crippen molar-refractivity contribution >= 4 is 11.5 Å². The van der Waals surface area contributed by atoms with Gasteiger partial charge in [-0.1, -0.05) is 19.8 Å². The van der Waals surface area contributed by atoms with E-state index in [1.807, 2.05) is 0 Å². The minimum atomic E-state index is -0.349. The molecule has 0 aromatic carbocycles. The van der Waals surface area contributed by atoms with Gasteiger partial charge in [0.15, 0.2) is 0 Å². The summed E-state index contributed by atoms with van der Waals surface area (Å²) >= 11 is 0. The van der Waals surface area contributed by atoms with Crippen molar-refractivity contribution in [1.82, 2.24) is 4.98 Å². The average Bonchev–Trinajstić information content (AvgIpc) is 2.85. The Labute approximate surface area is 113 Å². The van der Waals surface area contributed by atoms with Crippen LogP contribution in [0.4, 0.5) is 11.5 Å². The van der Waals surface area contributed by atoms with E-state index in [9.17, 15) is 10.1 Å². The molecule has 1 fully saturated rings. The highest BCUT2D eigenvalue weighted by atomic mass is 16.6. The van der Waals surface area contributed by atoms with E-state index in [2.05, 4.69) is 17.2 Å². The summed E-state index contributed by atoms with van der Waals surface area (Å²) in [6.45, 7) is 4.72. The summed E-state index contributed by atoms with van der Waals surface area (Å²) in [4.78, 5) is 14.9. The van der Waals surface area contributed by atoms with Gasteiger partial charge in [-0.15, -0.1) is 0 Å². The minimum absolute atomic E-state index is 0.103. The van der Waals surface area contributed by atoms with Crippen molar-refractivity contribution in [3.8, 4) is 0 Å². The normalized spacial score (nSPS) is 17.4. The van der Waals surface area contributed by atoms with Crippen LogP contribution in [0.5, 0.6) is 0 Å². The lowest BCUT2D eigenvalue weighted by Gasteiger charge is -2.27. The van der Waals surface area contributed by atoms with Gasteiger partial charge in [0.25, 0.3) is 0 Å². The fraction of sp³-hybridized carbons (Fsp3) is 0.643. The van der Waals surface area contributed by atoms with Gasteiger partial charge in [0.2, 0.25) is 5.82 Å². The maximum Gasteiger partial charge on any atom is 0.314 e. The van der Waals surface area contributed by atoms with Gasteiger partial charge >= 0.3 is 5.69 Å². The molecule has 0 spiro atoms. The van der Waals surface area contributed by atoms with Gasteiger partial charge in [0.1, 0.15) is 0 Å². The molecule has 0 atom stereocenters. The maximum atomic E-state index is 11.1. The largest absolute Gasteiger partial charge is 0.364 e. The standard InChI is InChI=1S/C14H21N3O2/c1-3-14(7-4-5-8-14)10-16-13-12(17(18)19)11(2)6-9-15-13/h6,9H,3-5,7-8,10H2,1-2H3,(H,15,16). The van der Waals surface area contributed by atoms with Crippen LogP contribution in [-0.2, 0) is 0 Å². The van der Waals surface area contributed by atoms with E-state index in [0.29, 0.717) is 16.8 Å². The predicted octanol–water partition coefficient (Wildman–Crippen LogP) is 3.68. The molecule has 1 aliphatic rings. The number of rotatable bonds is 5. The molecule has 0 amide bonds. The Bertz CT molecular complexity index is 468. The summed E-state index contributed by atoms with van der Waals surface area (Å²) < 4.78 is 0. The number of aryl methyl sites for hydroxylation is 1. The molecule has 1 N–H and O–H groups in total. The molecule has 0 radical (unpaired) electrons. The number of nitrogens with one attached hydrogen (secondary N) is 1. The first-order valence-corrected chi connectivity index (χ1v) is 6.92. The number of nitro groups is 1. The summed E-state index contributed by atoms with van der Waals surface area (Å²) in [6.07, 6.45) is 7.67.